The molecule has 0 atom stereocenters. The Balaban J connectivity index is 1.50. The predicted octanol–water partition coefficient (Wildman–Crippen LogP) is 3.56. The van der Waals surface area contributed by atoms with Crippen LogP contribution in [0, 0.1) is 17.1 Å². The molecule has 0 spiro atoms. The van der Waals surface area contributed by atoms with Crippen molar-refractivity contribution < 1.29 is 9.18 Å². The maximum absolute atomic E-state index is 13.2. The van der Waals surface area contributed by atoms with Gasteiger partial charge in [-0.05, 0) is 42.5 Å². The summed E-state index contributed by atoms with van der Waals surface area (Å²) in [5.41, 5.74) is 2.27. The molecule has 1 N–H and O–H groups in total. The second kappa shape index (κ2) is 8.08. The quantitative estimate of drug-likeness (QED) is 0.404. The third kappa shape index (κ3) is 4.07. The number of amides is 1. The van der Waals surface area contributed by atoms with Gasteiger partial charge in [0.05, 0.1) is 34.7 Å². The Morgan fingerprint density at radius 2 is 2.03 bits per heavy atom. The van der Waals surface area contributed by atoms with Gasteiger partial charge in [-0.15, -0.1) is 0 Å². The molecule has 0 saturated carbocycles. The van der Waals surface area contributed by atoms with Crippen LogP contribution in [0.5, 0.6) is 0 Å². The maximum Gasteiger partial charge on any atom is 0.234 e. The lowest BCUT2D eigenvalue weighted by Crippen LogP contribution is -2.14. The maximum atomic E-state index is 13.2. The molecule has 4 aromatic rings. The monoisotopic (exact) mass is 404 g/mol. The Bertz CT molecular complexity index is 1230. The van der Waals surface area contributed by atoms with Crippen LogP contribution in [-0.2, 0) is 4.79 Å². The van der Waals surface area contributed by atoms with Crippen LogP contribution in [0.2, 0.25) is 0 Å². The van der Waals surface area contributed by atoms with Gasteiger partial charge in [-0.1, -0.05) is 17.8 Å². The van der Waals surface area contributed by atoms with Gasteiger partial charge in [-0.2, -0.15) is 10.4 Å². The first-order valence-electron chi connectivity index (χ1n) is 8.51. The van der Waals surface area contributed by atoms with Gasteiger partial charge in [0, 0.05) is 5.69 Å². The van der Waals surface area contributed by atoms with E-state index in [9.17, 15) is 9.18 Å². The Kier molecular flexibility index (Phi) is 5.18. The van der Waals surface area contributed by atoms with Crippen LogP contribution in [0.25, 0.3) is 16.7 Å². The summed E-state index contributed by atoms with van der Waals surface area (Å²) in [4.78, 5) is 20.8. The second-order valence-corrected chi connectivity index (χ2v) is 6.94. The van der Waals surface area contributed by atoms with E-state index in [1.807, 2.05) is 6.07 Å². The highest BCUT2D eigenvalue weighted by Gasteiger charge is 2.13. The standard InChI is InChI=1S/C20H13FN6OS/c21-14-4-6-16(7-5-14)27-19-17(10-25-27)20(24-12-23-19)29-11-18(28)26-15-3-1-2-13(8-15)9-22/h1-8,10,12H,11H2,(H,26,28). The van der Waals surface area contributed by atoms with E-state index in [2.05, 4.69) is 20.4 Å². The zero-order chi connectivity index (χ0) is 20.2. The van der Waals surface area contributed by atoms with E-state index in [-0.39, 0.29) is 17.5 Å². The summed E-state index contributed by atoms with van der Waals surface area (Å²) in [6, 6.07) is 14.7. The van der Waals surface area contributed by atoms with Crippen molar-refractivity contribution in [3.63, 3.8) is 0 Å². The van der Waals surface area contributed by atoms with E-state index in [4.69, 9.17) is 5.26 Å². The molecular formula is C20H13FN6OS. The Labute approximate surface area is 169 Å². The molecule has 142 valence electrons. The number of thioether (sulfide) groups is 1. The first-order valence-corrected chi connectivity index (χ1v) is 9.50. The number of anilines is 1. The van der Waals surface area contributed by atoms with E-state index in [0.717, 1.165) is 0 Å². The van der Waals surface area contributed by atoms with Crippen LogP contribution < -0.4 is 5.32 Å². The van der Waals surface area contributed by atoms with Crippen molar-refractivity contribution in [2.75, 3.05) is 11.1 Å². The normalized spacial score (nSPS) is 10.6. The van der Waals surface area contributed by atoms with E-state index in [0.29, 0.717) is 33.0 Å². The molecule has 0 saturated heterocycles. The average molecular weight is 404 g/mol. The highest BCUT2D eigenvalue weighted by Crippen LogP contribution is 2.26. The molecule has 0 aliphatic heterocycles. The van der Waals surface area contributed by atoms with Crippen LogP contribution in [0.3, 0.4) is 0 Å². The molecule has 4 rings (SSSR count). The van der Waals surface area contributed by atoms with Gasteiger partial charge in [-0.3, -0.25) is 4.79 Å². The average Bonchev–Trinajstić information content (AvgIpc) is 3.18. The van der Waals surface area contributed by atoms with Gasteiger partial charge < -0.3 is 5.32 Å². The van der Waals surface area contributed by atoms with Crippen molar-refractivity contribution in [1.29, 1.82) is 5.26 Å². The Morgan fingerprint density at radius 1 is 1.21 bits per heavy atom. The summed E-state index contributed by atoms with van der Waals surface area (Å²) in [7, 11) is 0. The molecule has 0 radical (unpaired) electrons. The third-order valence-electron chi connectivity index (χ3n) is 4.02. The fourth-order valence-electron chi connectivity index (χ4n) is 2.71. The van der Waals surface area contributed by atoms with Gasteiger partial charge in [-0.25, -0.2) is 19.0 Å². The lowest BCUT2D eigenvalue weighted by atomic mass is 10.2. The fraction of sp³-hybridized carbons (Fsp3) is 0.0500. The number of nitriles is 1. The molecule has 9 heteroatoms. The number of benzene rings is 2. The van der Waals surface area contributed by atoms with Gasteiger partial charge >= 0.3 is 0 Å². The molecule has 0 aliphatic carbocycles. The smallest absolute Gasteiger partial charge is 0.234 e. The first-order chi connectivity index (χ1) is 14.1. The minimum Gasteiger partial charge on any atom is -0.325 e. The van der Waals surface area contributed by atoms with Crippen LogP contribution >= 0.6 is 11.8 Å². The third-order valence-corrected chi connectivity index (χ3v) is 5.02. The number of aromatic nitrogens is 4. The molecule has 0 bridgehead atoms. The van der Waals surface area contributed by atoms with E-state index >= 15 is 0 Å². The number of carbonyl (C=O) groups is 1. The molecule has 29 heavy (non-hydrogen) atoms. The summed E-state index contributed by atoms with van der Waals surface area (Å²) in [6.45, 7) is 0. The number of nitrogens with one attached hydrogen (secondary N) is 1. The lowest BCUT2D eigenvalue weighted by molar-refractivity contribution is -0.113. The van der Waals surface area contributed by atoms with Crippen LogP contribution in [0.15, 0.2) is 66.1 Å². The predicted molar refractivity (Wildman–Crippen MR) is 107 cm³/mol. The van der Waals surface area contributed by atoms with Crippen LogP contribution in [0.4, 0.5) is 10.1 Å². The summed E-state index contributed by atoms with van der Waals surface area (Å²) in [6.07, 6.45) is 3.02. The Hall–Kier alpha value is -3.77. The molecular weight excluding hydrogens is 391 g/mol. The lowest BCUT2D eigenvalue weighted by Gasteiger charge is -2.06. The largest absolute Gasteiger partial charge is 0.325 e. The van der Waals surface area contributed by atoms with Crippen LogP contribution in [0.1, 0.15) is 5.56 Å². The summed E-state index contributed by atoms with van der Waals surface area (Å²) < 4.78 is 14.8. The topological polar surface area (TPSA) is 96.5 Å². The van der Waals surface area contributed by atoms with Crippen molar-refractivity contribution in [2.24, 2.45) is 0 Å². The minimum atomic E-state index is -0.331. The SMILES string of the molecule is N#Cc1cccc(NC(=O)CSc2ncnc3c2cnn3-c2ccc(F)cc2)c1. The number of hydrogen-bond acceptors (Lipinski definition) is 6. The van der Waals surface area contributed by atoms with E-state index in [1.165, 1.54) is 30.2 Å². The van der Waals surface area contributed by atoms with Crippen molar-refractivity contribution in [3.05, 3.63) is 72.4 Å². The number of fused-ring (bicyclic) bond motifs is 1. The first kappa shape index (κ1) is 18.6. The van der Waals surface area contributed by atoms with Crippen molar-refractivity contribution in [2.45, 2.75) is 5.03 Å². The molecule has 7 nitrogen and oxygen atoms in total. The number of rotatable bonds is 5. The van der Waals surface area contributed by atoms with Crippen molar-refractivity contribution in [1.82, 2.24) is 19.7 Å². The van der Waals surface area contributed by atoms with Crippen LogP contribution in [-0.4, -0.2) is 31.4 Å². The van der Waals surface area contributed by atoms with E-state index < -0.39 is 0 Å². The van der Waals surface area contributed by atoms with Crippen molar-refractivity contribution >= 4 is 34.4 Å². The second-order valence-electron chi connectivity index (χ2n) is 5.98. The molecule has 0 aliphatic rings. The molecule has 2 aromatic carbocycles. The number of hydrogen-bond donors (Lipinski definition) is 1. The summed E-state index contributed by atoms with van der Waals surface area (Å²) in [5.74, 6) is -0.421. The zero-order valence-corrected chi connectivity index (χ0v) is 15.7. The number of halogens is 1. The molecule has 2 heterocycles. The molecule has 0 unspecified atom stereocenters. The summed E-state index contributed by atoms with van der Waals surface area (Å²) >= 11 is 1.26. The van der Waals surface area contributed by atoms with Crippen molar-refractivity contribution in [3.8, 4) is 11.8 Å². The highest BCUT2D eigenvalue weighted by atomic mass is 32.2. The van der Waals surface area contributed by atoms with E-state index in [1.54, 1.807) is 47.3 Å². The minimum absolute atomic E-state index is 0.130. The van der Waals surface area contributed by atoms with Gasteiger partial charge in [0.15, 0.2) is 5.65 Å². The number of carbonyl (C=O) groups excluding carboxylic acids is 1. The highest BCUT2D eigenvalue weighted by molar-refractivity contribution is 8.00. The van der Waals surface area contributed by atoms with Gasteiger partial charge in [0.25, 0.3) is 0 Å². The zero-order valence-electron chi connectivity index (χ0n) is 14.9. The fourth-order valence-corrected chi connectivity index (χ4v) is 3.47. The Morgan fingerprint density at radius 3 is 2.83 bits per heavy atom. The van der Waals surface area contributed by atoms with Gasteiger partial charge in [0.2, 0.25) is 5.91 Å². The number of nitrogens with zero attached hydrogens (tertiary/aromatic N) is 5. The molecule has 2 aromatic heterocycles. The van der Waals surface area contributed by atoms with Gasteiger partial charge in [0.1, 0.15) is 17.2 Å². The molecule has 1 amide bonds. The summed E-state index contributed by atoms with van der Waals surface area (Å²) in [5, 5.41) is 17.3. The molecule has 0 fully saturated rings.